The Morgan fingerprint density at radius 2 is 1.76 bits per heavy atom. The minimum Gasteiger partial charge on any atom is -0.354 e. The number of alkyl halides is 3. The number of anilines is 1. The first-order valence-corrected chi connectivity index (χ1v) is 14.4. The number of nitrogens with one attached hydrogen (secondary N) is 1. The van der Waals surface area contributed by atoms with Gasteiger partial charge in [0.25, 0.3) is 0 Å². The van der Waals surface area contributed by atoms with Gasteiger partial charge in [0.05, 0.1) is 17.5 Å². The quantitative estimate of drug-likeness (QED) is 0.331. The molecule has 1 N–H and O–H groups in total. The summed E-state index contributed by atoms with van der Waals surface area (Å²) in [5.74, 6) is -0.726. The molecule has 0 aromatic heterocycles. The van der Waals surface area contributed by atoms with Gasteiger partial charge in [-0.2, -0.15) is 13.2 Å². The molecule has 0 saturated heterocycles. The van der Waals surface area contributed by atoms with E-state index in [-0.39, 0.29) is 37.5 Å². The van der Waals surface area contributed by atoms with Crippen LogP contribution in [0.1, 0.15) is 50.7 Å². The average Bonchev–Trinajstić information content (AvgIpc) is 2.83. The van der Waals surface area contributed by atoms with Crippen molar-refractivity contribution in [2.75, 3.05) is 23.7 Å². The third kappa shape index (κ3) is 9.50. The summed E-state index contributed by atoms with van der Waals surface area (Å²) in [5.41, 5.74) is -0.412. The summed E-state index contributed by atoms with van der Waals surface area (Å²) >= 11 is 6.08. The van der Waals surface area contributed by atoms with E-state index in [1.54, 1.807) is 31.2 Å². The van der Waals surface area contributed by atoms with E-state index in [0.717, 1.165) is 41.6 Å². The minimum atomic E-state index is -4.64. The van der Waals surface area contributed by atoms with E-state index in [4.69, 9.17) is 11.6 Å². The summed E-state index contributed by atoms with van der Waals surface area (Å²) in [6.45, 7) is 3.96. The van der Waals surface area contributed by atoms with Gasteiger partial charge < -0.3 is 10.2 Å². The van der Waals surface area contributed by atoms with Gasteiger partial charge in [-0.1, -0.05) is 43.1 Å². The highest BCUT2D eigenvalue weighted by Crippen LogP contribution is 2.32. The zero-order chi connectivity index (χ0) is 28.5. The number of nitrogens with zero attached hydrogens (tertiary/aromatic N) is 2. The fourth-order valence-electron chi connectivity index (χ4n) is 3.79. The summed E-state index contributed by atoms with van der Waals surface area (Å²) in [6.07, 6.45) is -2.16. The van der Waals surface area contributed by atoms with Crippen LogP contribution < -0.4 is 9.62 Å². The lowest BCUT2D eigenvalue weighted by molar-refractivity contribution is -0.140. The first-order chi connectivity index (χ1) is 17.7. The molecule has 0 radical (unpaired) electrons. The molecule has 7 nitrogen and oxygen atoms in total. The molecule has 0 saturated carbocycles. The molecule has 2 aromatic rings. The fraction of sp³-hybridized carbons (Fsp3) is 0.462. The topological polar surface area (TPSA) is 86.8 Å². The lowest BCUT2D eigenvalue weighted by Crippen LogP contribution is -2.48. The number of sulfonamides is 1. The molecule has 2 amide bonds. The van der Waals surface area contributed by atoms with Gasteiger partial charge in [0.2, 0.25) is 21.8 Å². The number of hydrogen-bond donors (Lipinski definition) is 1. The molecule has 38 heavy (non-hydrogen) atoms. The van der Waals surface area contributed by atoms with E-state index < -0.39 is 33.7 Å². The first kappa shape index (κ1) is 31.4. The van der Waals surface area contributed by atoms with Crippen molar-refractivity contribution in [2.45, 2.75) is 58.3 Å². The summed E-state index contributed by atoms with van der Waals surface area (Å²) in [5, 5.41) is 3.28. The Balaban J connectivity index is 2.19. The van der Waals surface area contributed by atoms with Crippen LogP contribution in [0.2, 0.25) is 5.02 Å². The molecule has 0 spiro atoms. The highest BCUT2D eigenvalue weighted by Gasteiger charge is 2.32. The number of benzene rings is 2. The van der Waals surface area contributed by atoms with E-state index in [9.17, 15) is 31.2 Å². The molecule has 2 rings (SSSR count). The van der Waals surface area contributed by atoms with E-state index >= 15 is 0 Å². The Morgan fingerprint density at radius 3 is 2.37 bits per heavy atom. The molecule has 210 valence electrons. The standard InChI is InChI=1S/C26H33ClF3N3O4S/c1-4-5-14-31-25(35)19(2)32(18-20-9-6-11-22(27)16-20)24(34)13-8-15-33(38(3,36)37)23-12-7-10-21(17-23)26(28,29)30/h6-7,9-12,16-17,19H,4-5,8,13-15,18H2,1-3H3,(H,31,35)/t19-/m0/s1. The second-order valence-electron chi connectivity index (χ2n) is 8.96. The average molecular weight is 576 g/mol. The molecule has 0 aliphatic heterocycles. The van der Waals surface area contributed by atoms with Crippen LogP contribution in [0.3, 0.4) is 0 Å². The fourth-order valence-corrected chi connectivity index (χ4v) is 4.96. The maximum Gasteiger partial charge on any atom is 0.416 e. The van der Waals surface area contributed by atoms with Crippen molar-refractivity contribution in [3.63, 3.8) is 0 Å². The molecule has 0 fully saturated rings. The molecule has 1 atom stereocenters. The van der Waals surface area contributed by atoms with Crippen molar-refractivity contribution in [1.29, 1.82) is 0 Å². The molecule has 0 aliphatic carbocycles. The molecule has 0 unspecified atom stereocenters. The van der Waals surface area contributed by atoms with Crippen molar-refractivity contribution in [3.8, 4) is 0 Å². The monoisotopic (exact) mass is 575 g/mol. The summed E-state index contributed by atoms with van der Waals surface area (Å²) in [4.78, 5) is 27.4. The highest BCUT2D eigenvalue weighted by molar-refractivity contribution is 7.92. The number of carbonyl (C=O) groups is 2. The predicted octanol–water partition coefficient (Wildman–Crippen LogP) is 5.24. The minimum absolute atomic E-state index is 0.0262. The summed E-state index contributed by atoms with van der Waals surface area (Å²) < 4.78 is 65.1. The van der Waals surface area contributed by atoms with Gasteiger partial charge in [-0.05, 0) is 55.7 Å². The lowest BCUT2D eigenvalue weighted by atomic mass is 10.1. The predicted molar refractivity (Wildman–Crippen MR) is 142 cm³/mol. The summed E-state index contributed by atoms with van der Waals surface area (Å²) in [7, 11) is -3.93. The smallest absolute Gasteiger partial charge is 0.354 e. The number of halogens is 4. The normalized spacial score (nSPS) is 12.6. The largest absolute Gasteiger partial charge is 0.416 e. The Bertz CT molecular complexity index is 1210. The van der Waals surface area contributed by atoms with Gasteiger partial charge in [-0.15, -0.1) is 0 Å². The zero-order valence-electron chi connectivity index (χ0n) is 21.6. The third-order valence-corrected chi connectivity index (χ3v) is 7.28. The number of hydrogen-bond acceptors (Lipinski definition) is 4. The van der Waals surface area contributed by atoms with E-state index in [0.29, 0.717) is 17.1 Å². The lowest BCUT2D eigenvalue weighted by Gasteiger charge is -2.29. The van der Waals surface area contributed by atoms with Crippen molar-refractivity contribution < 1.29 is 31.2 Å². The number of carbonyl (C=O) groups excluding carboxylic acids is 2. The van der Waals surface area contributed by atoms with Crippen LogP contribution in [0.15, 0.2) is 48.5 Å². The van der Waals surface area contributed by atoms with Gasteiger partial charge in [0.1, 0.15) is 6.04 Å². The van der Waals surface area contributed by atoms with Crippen molar-refractivity contribution in [1.82, 2.24) is 10.2 Å². The molecular formula is C26H33ClF3N3O4S. The van der Waals surface area contributed by atoms with Crippen LogP contribution in [0, 0.1) is 0 Å². The van der Waals surface area contributed by atoms with Crippen LogP contribution >= 0.6 is 11.6 Å². The molecule has 0 heterocycles. The van der Waals surface area contributed by atoms with Gasteiger partial charge in [-0.3, -0.25) is 13.9 Å². The molecule has 2 aromatic carbocycles. The van der Waals surface area contributed by atoms with Gasteiger partial charge in [0.15, 0.2) is 0 Å². The van der Waals surface area contributed by atoms with Crippen LogP contribution in [0.25, 0.3) is 0 Å². The molecule has 0 bridgehead atoms. The molecular weight excluding hydrogens is 543 g/mol. The second-order valence-corrected chi connectivity index (χ2v) is 11.3. The molecule has 12 heteroatoms. The SMILES string of the molecule is CCCCNC(=O)[C@H](C)N(Cc1cccc(Cl)c1)C(=O)CCCN(c1cccc(C(F)(F)F)c1)S(C)(=O)=O. The van der Waals surface area contributed by atoms with Crippen molar-refractivity contribution >= 4 is 39.1 Å². The van der Waals surface area contributed by atoms with Crippen LogP contribution in [-0.2, 0) is 32.3 Å². The number of amides is 2. The van der Waals surface area contributed by atoms with Crippen molar-refractivity contribution in [3.05, 3.63) is 64.7 Å². The highest BCUT2D eigenvalue weighted by atomic mass is 35.5. The maximum absolute atomic E-state index is 13.3. The van der Waals surface area contributed by atoms with E-state index in [2.05, 4.69) is 5.32 Å². The first-order valence-electron chi connectivity index (χ1n) is 12.2. The Labute approximate surface area is 227 Å². The number of rotatable bonds is 13. The number of unbranched alkanes of at least 4 members (excludes halogenated alkanes) is 1. The van der Waals surface area contributed by atoms with Gasteiger partial charge in [-0.25, -0.2) is 8.42 Å². The second kappa shape index (κ2) is 13.8. The van der Waals surface area contributed by atoms with Crippen molar-refractivity contribution in [2.24, 2.45) is 0 Å². The van der Waals surface area contributed by atoms with E-state index in [1.165, 1.54) is 11.0 Å². The van der Waals surface area contributed by atoms with Crippen LogP contribution in [0.5, 0.6) is 0 Å². The molecule has 0 aliphatic rings. The van der Waals surface area contributed by atoms with Crippen LogP contribution in [-0.4, -0.2) is 50.5 Å². The van der Waals surface area contributed by atoms with Gasteiger partial charge >= 0.3 is 6.18 Å². The van der Waals surface area contributed by atoms with E-state index in [1.807, 2.05) is 6.92 Å². The maximum atomic E-state index is 13.3. The Kier molecular flexibility index (Phi) is 11.4. The zero-order valence-corrected chi connectivity index (χ0v) is 23.2. The van der Waals surface area contributed by atoms with Crippen LogP contribution in [0.4, 0.5) is 18.9 Å². The Morgan fingerprint density at radius 1 is 1.08 bits per heavy atom. The van der Waals surface area contributed by atoms with Gasteiger partial charge in [0, 0.05) is 31.1 Å². The Hall–Kier alpha value is -2.79. The third-order valence-electron chi connectivity index (χ3n) is 5.85. The summed E-state index contributed by atoms with van der Waals surface area (Å²) in [6, 6.07) is 10.1.